The first-order valence-electron chi connectivity index (χ1n) is 8.00. The van der Waals surface area contributed by atoms with E-state index in [2.05, 4.69) is 78.6 Å². The summed E-state index contributed by atoms with van der Waals surface area (Å²) in [5.74, 6) is 0. The topological polar surface area (TPSA) is 0 Å². The van der Waals surface area contributed by atoms with E-state index in [4.69, 9.17) is 0 Å². The monoisotopic (exact) mass is 551 g/mol. The minimum absolute atomic E-state index is 0. The van der Waals surface area contributed by atoms with Crippen molar-refractivity contribution < 1.29 is 1.43 Å². The number of hydrogen-bond donors (Lipinski definition) is 0. The van der Waals surface area contributed by atoms with E-state index < -0.39 is 32.3 Å². The zero-order valence-electron chi connectivity index (χ0n) is 16.4. The molecule has 0 fully saturated rings. The maximum absolute atomic E-state index is 2.56. The van der Waals surface area contributed by atoms with E-state index in [0.29, 0.717) is 0 Å². The Morgan fingerprint density at radius 3 is 0.524 bits per heavy atom. The van der Waals surface area contributed by atoms with E-state index in [1.54, 1.807) is 0 Å². The molecule has 0 amide bonds. The van der Waals surface area contributed by atoms with Crippen LogP contribution in [-0.2, 0) is 0 Å². The van der Waals surface area contributed by atoms with Gasteiger partial charge in [0.15, 0.2) is 0 Å². The van der Waals surface area contributed by atoms with E-state index >= 15 is 0 Å². The zero-order chi connectivity index (χ0) is 16.3. The summed E-state index contributed by atoms with van der Waals surface area (Å²) in [6, 6.07) is 0. The number of rotatable bonds is 4. The van der Waals surface area contributed by atoms with Crippen LogP contribution in [0.15, 0.2) is 20.8 Å². The summed E-state index contributed by atoms with van der Waals surface area (Å²) in [5.41, 5.74) is 0. The Bertz CT molecular complexity index is 379. The average molecular weight is 552 g/mol. The first kappa shape index (κ1) is 22.2. The summed E-state index contributed by atoms with van der Waals surface area (Å²) < 4.78 is 0. The predicted molar refractivity (Wildman–Crippen MR) is 115 cm³/mol. The third-order valence-corrected chi connectivity index (χ3v) is 13.0. The molecular weight excluding hydrogens is 514 g/mol. The van der Waals surface area contributed by atoms with Gasteiger partial charge in [-0.2, -0.15) is 0 Å². The van der Waals surface area contributed by atoms with Gasteiger partial charge in [-0.25, -0.2) is 0 Å². The van der Waals surface area contributed by atoms with E-state index in [1.165, 1.54) is 0 Å². The van der Waals surface area contributed by atoms with Crippen molar-refractivity contribution in [3.8, 4) is 0 Å². The minimum Gasteiger partial charge on any atom is -0.0656 e. The molecule has 5 heteroatoms. The Morgan fingerprint density at radius 2 is 0.476 bits per heavy atom. The zero-order valence-corrected chi connectivity index (χ0v) is 23.9. The van der Waals surface area contributed by atoms with Crippen LogP contribution in [0.2, 0.25) is 78.6 Å². The van der Waals surface area contributed by atoms with Crippen LogP contribution in [0.3, 0.4) is 0 Å². The van der Waals surface area contributed by atoms with E-state index in [1.807, 2.05) is 20.8 Å². The molecule has 0 saturated heterocycles. The van der Waals surface area contributed by atoms with Crippen molar-refractivity contribution in [3.05, 3.63) is 20.8 Å². The molecule has 0 nitrogen and oxygen atoms in total. The van der Waals surface area contributed by atoms with Gasteiger partial charge in [-0.3, -0.25) is 0 Å². The molecule has 1 aliphatic carbocycles. The summed E-state index contributed by atoms with van der Waals surface area (Å²) in [7, 11) is -4.91. The van der Waals surface area contributed by atoms with Gasteiger partial charge < -0.3 is 0 Å². The summed E-state index contributed by atoms with van der Waals surface area (Å²) in [4.78, 5) is 0. The summed E-state index contributed by atoms with van der Waals surface area (Å²) >= 11 is 0. The molecule has 123 valence electrons. The third-order valence-electron chi connectivity index (χ3n) is 4.00. The van der Waals surface area contributed by atoms with Crippen molar-refractivity contribution in [3.63, 3.8) is 0 Å². The molecule has 0 saturated carbocycles. The summed E-state index contributed by atoms with van der Waals surface area (Å²) in [6.45, 7) is 30.7. The van der Waals surface area contributed by atoms with E-state index in [-0.39, 0.29) is 27.6 Å². The van der Waals surface area contributed by atoms with Gasteiger partial charge in [0, 0.05) is 27.6 Å². The molecule has 0 aromatic heterocycles. The average Bonchev–Trinajstić information content (AvgIpc) is 1.86. The molecular formula is C16H38BiSi4. The Balaban J connectivity index is 0. The fourth-order valence-electron chi connectivity index (χ4n) is 3.44. The van der Waals surface area contributed by atoms with Gasteiger partial charge >= 0.3 is 0 Å². The Morgan fingerprint density at radius 1 is 0.381 bits per heavy atom. The van der Waals surface area contributed by atoms with Crippen LogP contribution in [0, 0.1) is 0 Å². The quantitative estimate of drug-likeness (QED) is 0.378. The van der Waals surface area contributed by atoms with E-state index in [9.17, 15) is 0 Å². The molecule has 0 atom stereocenters. The summed E-state index contributed by atoms with van der Waals surface area (Å²) in [5, 5.41) is 7.64. The molecule has 0 aliphatic heterocycles. The van der Waals surface area contributed by atoms with E-state index in [0.717, 1.165) is 0 Å². The van der Waals surface area contributed by atoms with Crippen molar-refractivity contribution in [2.75, 3.05) is 0 Å². The van der Waals surface area contributed by atoms with Gasteiger partial charge in [-0.1, -0.05) is 99.3 Å². The number of hydrogen-bond acceptors (Lipinski definition) is 0. The normalized spacial score (nSPS) is 17.7. The first-order chi connectivity index (χ1) is 8.49. The third kappa shape index (κ3) is 4.62. The molecule has 3 radical (unpaired) electrons. The van der Waals surface area contributed by atoms with Gasteiger partial charge in [0.05, 0.1) is 32.3 Å². The van der Waals surface area contributed by atoms with Crippen molar-refractivity contribution in [2.24, 2.45) is 0 Å². The van der Waals surface area contributed by atoms with Crippen LogP contribution in [0.5, 0.6) is 0 Å². The fourth-order valence-corrected chi connectivity index (χ4v) is 19.9. The van der Waals surface area contributed by atoms with Crippen LogP contribution in [0.25, 0.3) is 0 Å². The predicted octanol–water partition coefficient (Wildman–Crippen LogP) is 5.97. The molecule has 0 aromatic rings. The Labute approximate surface area is 158 Å². The van der Waals surface area contributed by atoms with Crippen LogP contribution in [0.1, 0.15) is 1.43 Å². The van der Waals surface area contributed by atoms with Crippen LogP contribution in [-0.4, -0.2) is 58.5 Å². The van der Waals surface area contributed by atoms with Crippen molar-refractivity contribution >= 4 is 58.5 Å². The SMILES string of the molecule is C[Si](C)(C)C1=C([Si](C)(C)C)C([Si](C)(C)C)=C1[Si](C)(C)C.[Bi].[HH]. The molecule has 0 bridgehead atoms. The van der Waals surface area contributed by atoms with Gasteiger partial charge in [0.1, 0.15) is 0 Å². The molecule has 1 rings (SSSR count). The first-order valence-corrected chi connectivity index (χ1v) is 22.0. The maximum atomic E-state index is 2.56. The molecule has 0 unspecified atom stereocenters. The van der Waals surface area contributed by atoms with Crippen LogP contribution in [0.4, 0.5) is 0 Å². The van der Waals surface area contributed by atoms with Gasteiger partial charge in [-0.15, -0.1) is 0 Å². The molecule has 0 heterocycles. The molecule has 0 aromatic carbocycles. The van der Waals surface area contributed by atoms with Gasteiger partial charge in [0.2, 0.25) is 0 Å². The van der Waals surface area contributed by atoms with Crippen LogP contribution >= 0.6 is 0 Å². The second kappa shape index (κ2) is 6.27. The maximum Gasteiger partial charge on any atom is 0.0772 e. The van der Waals surface area contributed by atoms with Crippen molar-refractivity contribution in [1.82, 2.24) is 0 Å². The largest absolute Gasteiger partial charge is 0.0772 e. The molecule has 21 heavy (non-hydrogen) atoms. The smallest absolute Gasteiger partial charge is 0.0656 e. The molecule has 1 aliphatic rings. The Kier molecular flexibility index (Phi) is 6.64. The minimum atomic E-state index is -1.23. The van der Waals surface area contributed by atoms with Crippen molar-refractivity contribution in [2.45, 2.75) is 78.6 Å². The molecule has 0 spiro atoms. The second-order valence-corrected chi connectivity index (χ2v) is 30.5. The standard InChI is InChI=1S/C16H36Si4.Bi.H2/c1-17(2,3)13-14(18(4,5)6)16(20(10,11)12)15(13)19(7,8)9;;/h1-12H3;;1H. The fraction of sp³-hybridized carbons (Fsp3) is 0.750. The second-order valence-electron chi connectivity index (χ2n) is 10.5. The number of allylic oxidation sites excluding steroid dienone is 4. The summed E-state index contributed by atoms with van der Waals surface area (Å²) in [6.07, 6.45) is 0. The van der Waals surface area contributed by atoms with Crippen LogP contribution < -0.4 is 0 Å². The molecule has 0 N–H and O–H groups in total. The Hall–Kier alpha value is 1.23. The van der Waals surface area contributed by atoms with Gasteiger partial charge in [0.25, 0.3) is 0 Å². The van der Waals surface area contributed by atoms with Gasteiger partial charge in [-0.05, 0) is 0 Å². The van der Waals surface area contributed by atoms with Crippen molar-refractivity contribution in [1.29, 1.82) is 0 Å².